The number of hydrogen-bond acceptors (Lipinski definition) is 4. The van der Waals surface area contributed by atoms with E-state index in [0.717, 1.165) is 18.5 Å². The Labute approximate surface area is 147 Å². The van der Waals surface area contributed by atoms with Crippen molar-refractivity contribution in [2.24, 2.45) is 0 Å². The zero-order valence-corrected chi connectivity index (χ0v) is 14.5. The molecule has 1 heterocycles. The van der Waals surface area contributed by atoms with Crippen LogP contribution in [0.4, 0.5) is 5.69 Å². The number of anilines is 1. The third-order valence-electron chi connectivity index (χ3n) is 3.92. The standard InChI is InChI=1S/C18H25N3O4/c1-2-25-12-4-10-19-16(22)13-20-18(24)14-6-8-15(9-7-14)21-11-3-5-17(21)23/h6-9H,2-5,10-13H2,1H3,(H,19,22)(H,20,24). The SMILES string of the molecule is CCOCCCNC(=O)CNC(=O)c1ccc(N2CCCC2=O)cc1. The second kappa shape index (κ2) is 9.78. The average Bonchev–Trinajstić information content (AvgIpc) is 3.05. The number of hydrogen-bond donors (Lipinski definition) is 2. The van der Waals surface area contributed by atoms with Crippen LogP contribution in [-0.4, -0.2) is 50.6 Å². The van der Waals surface area contributed by atoms with Crippen molar-refractivity contribution in [3.63, 3.8) is 0 Å². The Morgan fingerprint density at radius 1 is 1.20 bits per heavy atom. The highest BCUT2D eigenvalue weighted by atomic mass is 16.5. The molecule has 1 aromatic rings. The maximum absolute atomic E-state index is 12.1. The van der Waals surface area contributed by atoms with Crippen molar-refractivity contribution in [2.75, 3.05) is 37.7 Å². The molecule has 1 aliphatic heterocycles. The van der Waals surface area contributed by atoms with E-state index in [4.69, 9.17) is 4.74 Å². The molecule has 1 saturated heterocycles. The van der Waals surface area contributed by atoms with Crippen molar-refractivity contribution in [1.29, 1.82) is 0 Å². The molecule has 0 atom stereocenters. The van der Waals surface area contributed by atoms with Crippen LogP contribution in [-0.2, 0) is 14.3 Å². The minimum atomic E-state index is -0.316. The van der Waals surface area contributed by atoms with Crippen molar-refractivity contribution in [3.8, 4) is 0 Å². The second-order valence-electron chi connectivity index (χ2n) is 5.78. The minimum Gasteiger partial charge on any atom is -0.382 e. The lowest BCUT2D eigenvalue weighted by molar-refractivity contribution is -0.120. The minimum absolute atomic E-state index is 0.0696. The molecule has 7 heteroatoms. The molecule has 0 radical (unpaired) electrons. The largest absolute Gasteiger partial charge is 0.382 e. The summed E-state index contributed by atoms with van der Waals surface area (Å²) in [5.41, 5.74) is 1.26. The normalized spacial score (nSPS) is 13.8. The zero-order valence-electron chi connectivity index (χ0n) is 14.5. The number of amides is 3. The summed E-state index contributed by atoms with van der Waals surface area (Å²) >= 11 is 0. The molecule has 136 valence electrons. The highest BCUT2D eigenvalue weighted by molar-refractivity contribution is 5.98. The van der Waals surface area contributed by atoms with Gasteiger partial charge in [-0.25, -0.2) is 0 Å². The van der Waals surface area contributed by atoms with Gasteiger partial charge in [0.15, 0.2) is 0 Å². The quantitative estimate of drug-likeness (QED) is 0.655. The summed E-state index contributed by atoms with van der Waals surface area (Å²) in [5, 5.41) is 5.31. The monoisotopic (exact) mass is 347 g/mol. The maximum Gasteiger partial charge on any atom is 0.251 e. The van der Waals surface area contributed by atoms with Crippen molar-refractivity contribution in [2.45, 2.75) is 26.2 Å². The number of benzene rings is 1. The van der Waals surface area contributed by atoms with Gasteiger partial charge in [0.2, 0.25) is 11.8 Å². The van der Waals surface area contributed by atoms with Gasteiger partial charge in [-0.15, -0.1) is 0 Å². The smallest absolute Gasteiger partial charge is 0.251 e. The van der Waals surface area contributed by atoms with E-state index >= 15 is 0 Å². The van der Waals surface area contributed by atoms with Crippen LogP contribution in [0.5, 0.6) is 0 Å². The third-order valence-corrected chi connectivity index (χ3v) is 3.92. The maximum atomic E-state index is 12.1. The predicted octanol–water partition coefficient (Wildman–Crippen LogP) is 1.09. The van der Waals surface area contributed by atoms with E-state index in [2.05, 4.69) is 10.6 Å². The highest BCUT2D eigenvalue weighted by Gasteiger charge is 2.21. The molecule has 1 aromatic carbocycles. The van der Waals surface area contributed by atoms with E-state index in [9.17, 15) is 14.4 Å². The molecule has 2 N–H and O–H groups in total. The van der Waals surface area contributed by atoms with Gasteiger partial charge in [-0.2, -0.15) is 0 Å². The Morgan fingerprint density at radius 3 is 2.60 bits per heavy atom. The second-order valence-corrected chi connectivity index (χ2v) is 5.78. The first-order valence-electron chi connectivity index (χ1n) is 8.65. The molecule has 25 heavy (non-hydrogen) atoms. The van der Waals surface area contributed by atoms with E-state index in [1.807, 2.05) is 6.92 Å². The molecule has 2 rings (SSSR count). The molecule has 0 bridgehead atoms. The summed E-state index contributed by atoms with van der Waals surface area (Å²) in [5.74, 6) is -0.439. The first kappa shape index (κ1) is 18.9. The number of carbonyl (C=O) groups is 3. The number of nitrogens with one attached hydrogen (secondary N) is 2. The molecule has 1 aliphatic rings. The Bertz CT molecular complexity index is 601. The van der Waals surface area contributed by atoms with E-state index in [1.54, 1.807) is 29.2 Å². The van der Waals surface area contributed by atoms with Gasteiger partial charge < -0.3 is 20.3 Å². The van der Waals surface area contributed by atoms with Gasteiger partial charge in [0.05, 0.1) is 6.54 Å². The number of nitrogens with zero attached hydrogens (tertiary/aromatic N) is 1. The molecule has 7 nitrogen and oxygen atoms in total. The summed E-state index contributed by atoms with van der Waals surface area (Å²) in [6.07, 6.45) is 2.17. The summed E-state index contributed by atoms with van der Waals surface area (Å²) < 4.78 is 5.18. The van der Waals surface area contributed by atoms with Crippen LogP contribution in [0.3, 0.4) is 0 Å². The Balaban J connectivity index is 1.73. The lowest BCUT2D eigenvalue weighted by Crippen LogP contribution is -2.37. The predicted molar refractivity (Wildman–Crippen MR) is 94.5 cm³/mol. The van der Waals surface area contributed by atoms with Crippen LogP contribution < -0.4 is 15.5 Å². The molecule has 0 aliphatic carbocycles. The van der Waals surface area contributed by atoms with Gasteiger partial charge in [0, 0.05) is 44.0 Å². The lowest BCUT2D eigenvalue weighted by Gasteiger charge is -2.15. The van der Waals surface area contributed by atoms with Crippen LogP contribution in [0.25, 0.3) is 0 Å². The van der Waals surface area contributed by atoms with Crippen molar-refractivity contribution < 1.29 is 19.1 Å². The van der Waals surface area contributed by atoms with Crippen molar-refractivity contribution in [3.05, 3.63) is 29.8 Å². The molecule has 0 spiro atoms. The van der Waals surface area contributed by atoms with Crippen LogP contribution in [0.1, 0.15) is 36.5 Å². The summed E-state index contributed by atoms with van der Waals surface area (Å²) in [6, 6.07) is 6.84. The summed E-state index contributed by atoms with van der Waals surface area (Å²) in [6.45, 7) is 4.36. The topological polar surface area (TPSA) is 87.7 Å². The fourth-order valence-corrected chi connectivity index (χ4v) is 2.59. The summed E-state index contributed by atoms with van der Waals surface area (Å²) in [7, 11) is 0. The van der Waals surface area contributed by atoms with Crippen LogP contribution in [0.2, 0.25) is 0 Å². The Kier molecular flexibility index (Phi) is 7.40. The van der Waals surface area contributed by atoms with Crippen LogP contribution in [0, 0.1) is 0 Å². The molecule has 0 unspecified atom stereocenters. The van der Waals surface area contributed by atoms with E-state index < -0.39 is 0 Å². The fourth-order valence-electron chi connectivity index (χ4n) is 2.59. The van der Waals surface area contributed by atoms with E-state index in [-0.39, 0.29) is 24.3 Å². The van der Waals surface area contributed by atoms with Gasteiger partial charge in [-0.3, -0.25) is 14.4 Å². The highest BCUT2D eigenvalue weighted by Crippen LogP contribution is 2.21. The average molecular weight is 347 g/mol. The molecule has 3 amide bonds. The van der Waals surface area contributed by atoms with E-state index in [1.165, 1.54) is 0 Å². The van der Waals surface area contributed by atoms with E-state index in [0.29, 0.717) is 38.3 Å². The van der Waals surface area contributed by atoms with Crippen LogP contribution in [0.15, 0.2) is 24.3 Å². The zero-order chi connectivity index (χ0) is 18.1. The first-order valence-corrected chi connectivity index (χ1v) is 8.65. The van der Waals surface area contributed by atoms with Crippen molar-refractivity contribution >= 4 is 23.4 Å². The summed E-state index contributed by atoms with van der Waals surface area (Å²) in [4.78, 5) is 37.2. The molecule has 1 fully saturated rings. The number of rotatable bonds is 9. The Morgan fingerprint density at radius 2 is 1.96 bits per heavy atom. The third kappa shape index (κ3) is 5.86. The van der Waals surface area contributed by atoms with Gasteiger partial charge in [0.1, 0.15) is 0 Å². The van der Waals surface area contributed by atoms with Gasteiger partial charge in [0.25, 0.3) is 5.91 Å². The van der Waals surface area contributed by atoms with Gasteiger partial charge >= 0.3 is 0 Å². The number of ether oxygens (including phenoxy) is 1. The Hall–Kier alpha value is -2.41. The van der Waals surface area contributed by atoms with Gasteiger partial charge in [-0.1, -0.05) is 0 Å². The lowest BCUT2D eigenvalue weighted by atomic mass is 10.2. The first-order chi connectivity index (χ1) is 12.1. The van der Waals surface area contributed by atoms with Gasteiger partial charge in [-0.05, 0) is 44.0 Å². The molecule has 0 aromatic heterocycles. The molecular weight excluding hydrogens is 322 g/mol. The fraction of sp³-hybridized carbons (Fsp3) is 0.500. The molecule has 0 saturated carbocycles. The van der Waals surface area contributed by atoms with Crippen molar-refractivity contribution in [1.82, 2.24) is 10.6 Å². The van der Waals surface area contributed by atoms with Crippen LogP contribution >= 0.6 is 0 Å². The number of carbonyl (C=O) groups excluding carboxylic acids is 3. The molecular formula is C18H25N3O4.